The van der Waals surface area contributed by atoms with Gasteiger partial charge in [-0.05, 0) is 169 Å². The highest BCUT2D eigenvalue weighted by atomic mass is 35.5. The van der Waals surface area contributed by atoms with E-state index in [1.807, 2.05) is 0 Å². The average molecular weight is 964 g/mol. The molecule has 0 aliphatic carbocycles. The van der Waals surface area contributed by atoms with Gasteiger partial charge < -0.3 is 53.2 Å². The lowest BCUT2D eigenvalue weighted by molar-refractivity contribution is 0.548. The SMILES string of the molecule is CCNCCCNCCCNCCCNCCCNC/C=C\CNCCCNCCCNCCCNCCCNCC.Cl.Cl.Cl.Cl.Cl.Cl.Cl.Cl.Cl.Cl. The van der Waals surface area contributed by atoms with E-state index in [1.54, 1.807) is 0 Å². The van der Waals surface area contributed by atoms with Gasteiger partial charge >= 0.3 is 0 Å². The van der Waals surface area contributed by atoms with Gasteiger partial charge in [0.2, 0.25) is 0 Å². The zero-order chi connectivity index (χ0) is 30.3. The Hall–Kier alpha value is 2.24. The van der Waals surface area contributed by atoms with Crippen LogP contribution in [0.1, 0.15) is 65.2 Å². The fourth-order valence-electron chi connectivity index (χ4n) is 4.35. The molecule has 10 N–H and O–H groups in total. The molecule has 0 aromatic carbocycles. The van der Waals surface area contributed by atoms with E-state index < -0.39 is 0 Å². The van der Waals surface area contributed by atoms with E-state index in [2.05, 4.69) is 79.2 Å². The molecule has 332 valence electrons. The minimum atomic E-state index is 0. The predicted octanol–water partition coefficient (Wildman–Crippen LogP) is 4.82. The van der Waals surface area contributed by atoms with Crippen LogP contribution in [-0.4, -0.2) is 131 Å². The van der Waals surface area contributed by atoms with Crippen LogP contribution < -0.4 is 53.2 Å². The normalized spacial score (nSPS) is 9.50. The van der Waals surface area contributed by atoms with Crippen LogP contribution in [0.4, 0.5) is 0 Å². The first kappa shape index (κ1) is 82.2. The molecule has 0 amide bonds. The molecule has 0 saturated heterocycles. The fourth-order valence-corrected chi connectivity index (χ4v) is 4.35. The van der Waals surface area contributed by atoms with Gasteiger partial charge in [0, 0.05) is 13.1 Å². The van der Waals surface area contributed by atoms with Crippen molar-refractivity contribution in [3.8, 4) is 0 Å². The molecule has 0 fully saturated rings. The molecule has 20 heteroatoms. The van der Waals surface area contributed by atoms with Gasteiger partial charge in [-0.2, -0.15) is 0 Å². The second-order valence-electron chi connectivity index (χ2n) is 10.9. The summed E-state index contributed by atoms with van der Waals surface area (Å²) in [5.41, 5.74) is 0. The fraction of sp³-hybridized carbons (Fsp3) is 0.938. The Labute approximate surface area is 382 Å². The maximum atomic E-state index is 3.55. The molecule has 0 saturated carbocycles. The summed E-state index contributed by atoms with van der Waals surface area (Å²) in [5, 5.41) is 34.9. The summed E-state index contributed by atoms with van der Waals surface area (Å²) >= 11 is 0. The first-order chi connectivity index (χ1) is 20.9. The van der Waals surface area contributed by atoms with E-state index in [1.165, 1.54) is 51.4 Å². The summed E-state index contributed by atoms with van der Waals surface area (Å²) in [5.74, 6) is 0. The second-order valence-corrected chi connectivity index (χ2v) is 10.9. The van der Waals surface area contributed by atoms with Gasteiger partial charge in [-0.1, -0.05) is 26.0 Å². The molecule has 0 atom stereocenters. The van der Waals surface area contributed by atoms with Gasteiger partial charge in [0.1, 0.15) is 0 Å². The van der Waals surface area contributed by atoms with E-state index in [0.717, 1.165) is 131 Å². The lowest BCUT2D eigenvalue weighted by Crippen LogP contribution is -2.27. The maximum absolute atomic E-state index is 3.55. The van der Waals surface area contributed by atoms with Crippen molar-refractivity contribution in [1.29, 1.82) is 0 Å². The Morgan fingerprint density at radius 3 is 0.558 bits per heavy atom. The summed E-state index contributed by atoms with van der Waals surface area (Å²) in [6, 6.07) is 0. The van der Waals surface area contributed by atoms with Crippen molar-refractivity contribution in [3.63, 3.8) is 0 Å². The molecule has 0 bridgehead atoms. The van der Waals surface area contributed by atoms with Crippen LogP contribution in [0.3, 0.4) is 0 Å². The summed E-state index contributed by atoms with van der Waals surface area (Å²) in [6.45, 7) is 26.0. The maximum Gasteiger partial charge on any atom is 0.0135 e. The summed E-state index contributed by atoms with van der Waals surface area (Å²) in [4.78, 5) is 0. The third-order valence-corrected chi connectivity index (χ3v) is 6.85. The Kier molecular flexibility index (Phi) is 129. The van der Waals surface area contributed by atoms with Crippen molar-refractivity contribution >= 4 is 124 Å². The number of halogens is 10. The predicted molar refractivity (Wildman–Crippen MR) is 259 cm³/mol. The highest BCUT2D eigenvalue weighted by Crippen LogP contribution is 1.82. The van der Waals surface area contributed by atoms with E-state index in [4.69, 9.17) is 0 Å². The first-order valence-corrected chi connectivity index (χ1v) is 17.6. The van der Waals surface area contributed by atoms with Gasteiger partial charge in [-0.15, -0.1) is 124 Å². The molecule has 52 heavy (non-hydrogen) atoms. The first-order valence-electron chi connectivity index (χ1n) is 17.6. The molecular formula is C32H84Cl10N10. The molecule has 0 radical (unpaired) electrons. The third kappa shape index (κ3) is 80.6. The summed E-state index contributed by atoms with van der Waals surface area (Å²) in [7, 11) is 0. The molecule has 0 aromatic heterocycles. The molecule has 0 unspecified atom stereocenters. The Morgan fingerprint density at radius 1 is 0.231 bits per heavy atom. The topological polar surface area (TPSA) is 120 Å². The van der Waals surface area contributed by atoms with Crippen molar-refractivity contribution in [2.24, 2.45) is 0 Å². The van der Waals surface area contributed by atoms with Crippen molar-refractivity contribution in [3.05, 3.63) is 12.2 Å². The van der Waals surface area contributed by atoms with Gasteiger partial charge in [-0.3, -0.25) is 0 Å². The average Bonchev–Trinajstić information content (AvgIpc) is 3.00. The Bertz CT molecular complexity index is 491. The number of hydrogen-bond acceptors (Lipinski definition) is 10. The second kappa shape index (κ2) is 81.4. The number of nitrogens with one attached hydrogen (secondary N) is 10. The van der Waals surface area contributed by atoms with Crippen LogP contribution >= 0.6 is 124 Å². The van der Waals surface area contributed by atoms with Crippen molar-refractivity contribution in [2.75, 3.05) is 131 Å². The van der Waals surface area contributed by atoms with Crippen LogP contribution in [0.5, 0.6) is 0 Å². The monoisotopic (exact) mass is 958 g/mol. The van der Waals surface area contributed by atoms with Crippen LogP contribution in [-0.2, 0) is 0 Å². The minimum absolute atomic E-state index is 0. The highest BCUT2D eigenvalue weighted by molar-refractivity contribution is 5.86. The minimum Gasteiger partial charge on any atom is -0.317 e. The molecular weight excluding hydrogens is 879 g/mol. The number of hydrogen-bond donors (Lipinski definition) is 10. The Balaban J connectivity index is -0.000000187. The van der Waals surface area contributed by atoms with Crippen molar-refractivity contribution < 1.29 is 0 Å². The quantitative estimate of drug-likeness (QED) is 0.0312. The van der Waals surface area contributed by atoms with Crippen molar-refractivity contribution in [1.82, 2.24) is 53.2 Å². The van der Waals surface area contributed by atoms with Crippen LogP contribution in [0.15, 0.2) is 12.2 Å². The van der Waals surface area contributed by atoms with Crippen molar-refractivity contribution in [2.45, 2.75) is 65.2 Å². The Morgan fingerprint density at radius 2 is 0.385 bits per heavy atom. The van der Waals surface area contributed by atoms with Crippen LogP contribution in [0, 0.1) is 0 Å². The molecule has 10 nitrogen and oxygen atoms in total. The van der Waals surface area contributed by atoms with E-state index in [0.29, 0.717) is 0 Å². The number of rotatable bonds is 38. The largest absolute Gasteiger partial charge is 0.317 e. The molecule has 0 aromatic rings. The molecule has 0 aliphatic heterocycles. The molecule has 0 aliphatic rings. The lowest BCUT2D eigenvalue weighted by Gasteiger charge is -2.08. The van der Waals surface area contributed by atoms with Gasteiger partial charge in [0.05, 0.1) is 0 Å². The zero-order valence-corrected chi connectivity index (χ0v) is 40.2. The van der Waals surface area contributed by atoms with Crippen LogP contribution in [0.2, 0.25) is 0 Å². The van der Waals surface area contributed by atoms with E-state index >= 15 is 0 Å². The van der Waals surface area contributed by atoms with E-state index in [-0.39, 0.29) is 124 Å². The summed E-state index contributed by atoms with van der Waals surface area (Å²) < 4.78 is 0. The van der Waals surface area contributed by atoms with E-state index in [9.17, 15) is 0 Å². The summed E-state index contributed by atoms with van der Waals surface area (Å²) in [6.07, 6.45) is 14.1. The van der Waals surface area contributed by atoms with Gasteiger partial charge in [0.15, 0.2) is 0 Å². The van der Waals surface area contributed by atoms with Gasteiger partial charge in [-0.25, -0.2) is 0 Å². The standard InChI is InChI=1S/C32H74N10.10ClH/c1-3-33-17-7-19-37-25-11-27-41-31-13-29-39-23-9-21-35-15-5-6-16-36-22-10-24-40-30-14-32-42-28-12-26-38-20-8-18-34-4-2;;;;;;;;;;/h5-6,33-42H,3-4,7-32H2,1-2H3;10*1H/b6-5-;;;;;;;;;;. The highest BCUT2D eigenvalue weighted by Gasteiger charge is 1.94. The van der Waals surface area contributed by atoms with Crippen LogP contribution in [0.25, 0.3) is 0 Å². The smallest absolute Gasteiger partial charge is 0.0135 e. The van der Waals surface area contributed by atoms with Gasteiger partial charge in [0.25, 0.3) is 0 Å². The lowest BCUT2D eigenvalue weighted by atomic mass is 10.3. The molecule has 0 rings (SSSR count). The molecule has 0 heterocycles. The molecule has 0 spiro atoms. The third-order valence-electron chi connectivity index (χ3n) is 6.85. The zero-order valence-electron chi connectivity index (χ0n) is 32.0.